The maximum atomic E-state index is 12.0. The monoisotopic (exact) mass is 253 g/mol. The van der Waals surface area contributed by atoms with Crippen LogP contribution in [0.4, 0.5) is 8.78 Å². The summed E-state index contributed by atoms with van der Waals surface area (Å²) in [5.74, 6) is -0.849. The van der Waals surface area contributed by atoms with Gasteiger partial charge >= 0.3 is 12.6 Å². The fourth-order valence-corrected chi connectivity index (χ4v) is 1.19. The highest BCUT2D eigenvalue weighted by Gasteiger charge is 2.09. The van der Waals surface area contributed by atoms with Crippen LogP contribution in [0.5, 0.6) is 5.75 Å². The van der Waals surface area contributed by atoms with E-state index >= 15 is 0 Å². The van der Waals surface area contributed by atoms with Crippen LogP contribution in [-0.2, 0) is 9.53 Å². The first-order valence-electron chi connectivity index (χ1n) is 4.82. The molecule has 0 saturated heterocycles. The average molecular weight is 253 g/mol. The maximum absolute atomic E-state index is 12.0. The van der Waals surface area contributed by atoms with Crippen LogP contribution in [0.2, 0.25) is 0 Å². The Morgan fingerprint density at radius 3 is 2.78 bits per heavy atom. The van der Waals surface area contributed by atoms with E-state index in [-0.39, 0.29) is 11.3 Å². The van der Waals surface area contributed by atoms with Crippen molar-refractivity contribution >= 4 is 12.0 Å². The van der Waals surface area contributed by atoms with Crippen molar-refractivity contribution in [3.63, 3.8) is 0 Å². The molecule has 0 aromatic heterocycles. The third-order valence-electron chi connectivity index (χ3n) is 1.92. The first-order chi connectivity index (χ1) is 8.56. The van der Waals surface area contributed by atoms with Gasteiger partial charge in [-0.3, -0.25) is 0 Å². The lowest BCUT2D eigenvalue weighted by Gasteiger charge is -2.04. The van der Waals surface area contributed by atoms with Gasteiger partial charge in [-0.25, -0.2) is 4.79 Å². The fourth-order valence-electron chi connectivity index (χ4n) is 1.19. The Balaban J connectivity index is 3.00. The van der Waals surface area contributed by atoms with Crippen molar-refractivity contribution in [2.24, 2.45) is 0 Å². The number of nitriles is 1. The summed E-state index contributed by atoms with van der Waals surface area (Å²) in [5, 5.41) is 8.73. The number of nitrogens with zero attached hydrogens (tertiary/aromatic N) is 1. The van der Waals surface area contributed by atoms with Crippen molar-refractivity contribution in [2.45, 2.75) is 6.61 Å². The molecule has 1 rings (SSSR count). The van der Waals surface area contributed by atoms with Crippen molar-refractivity contribution in [2.75, 3.05) is 7.11 Å². The highest BCUT2D eigenvalue weighted by Crippen LogP contribution is 2.18. The van der Waals surface area contributed by atoms with Crippen LogP contribution in [-0.4, -0.2) is 19.7 Å². The minimum Gasteiger partial charge on any atom is -0.465 e. The number of carbonyl (C=O) groups excluding carboxylic acids is 1. The summed E-state index contributed by atoms with van der Waals surface area (Å²) in [6.07, 6.45) is 1.23. The quantitative estimate of drug-likeness (QED) is 0.469. The standard InChI is InChI=1S/C12H9F2NO3/c1-17-11(16)9(7-15)5-8-3-2-4-10(6-8)18-12(13)14/h2-6,12H,1H3/b9-5+. The molecule has 6 heteroatoms. The molecule has 0 bridgehead atoms. The first kappa shape index (κ1) is 13.6. The number of carbonyl (C=O) groups is 1. The van der Waals surface area contributed by atoms with Crippen LogP contribution in [0.25, 0.3) is 6.08 Å². The highest BCUT2D eigenvalue weighted by atomic mass is 19.3. The molecule has 0 amide bonds. The Bertz CT molecular complexity index is 506. The van der Waals surface area contributed by atoms with E-state index in [2.05, 4.69) is 9.47 Å². The average Bonchev–Trinajstić information content (AvgIpc) is 2.34. The number of benzene rings is 1. The van der Waals surface area contributed by atoms with Gasteiger partial charge in [0.1, 0.15) is 17.4 Å². The Morgan fingerprint density at radius 1 is 1.50 bits per heavy atom. The lowest BCUT2D eigenvalue weighted by atomic mass is 10.1. The van der Waals surface area contributed by atoms with E-state index in [1.165, 1.54) is 24.3 Å². The number of ether oxygens (including phenoxy) is 2. The Morgan fingerprint density at radius 2 is 2.22 bits per heavy atom. The summed E-state index contributed by atoms with van der Waals surface area (Å²) in [4.78, 5) is 11.1. The van der Waals surface area contributed by atoms with Crippen LogP contribution in [0.15, 0.2) is 29.8 Å². The molecule has 1 aromatic rings. The number of halogens is 2. The Kier molecular flexibility index (Phi) is 4.81. The second kappa shape index (κ2) is 6.35. The zero-order chi connectivity index (χ0) is 13.5. The normalized spacial score (nSPS) is 10.9. The lowest BCUT2D eigenvalue weighted by molar-refractivity contribution is -0.135. The predicted molar refractivity (Wildman–Crippen MR) is 58.7 cm³/mol. The number of esters is 1. The molecule has 0 aliphatic carbocycles. The first-order valence-corrected chi connectivity index (χ1v) is 4.82. The molecular formula is C12H9F2NO3. The zero-order valence-electron chi connectivity index (χ0n) is 9.39. The third kappa shape index (κ3) is 3.87. The Labute approximate surface area is 102 Å². The zero-order valence-corrected chi connectivity index (χ0v) is 9.39. The van der Waals surface area contributed by atoms with Gasteiger partial charge in [-0.15, -0.1) is 0 Å². The lowest BCUT2D eigenvalue weighted by Crippen LogP contribution is -2.03. The molecule has 0 fully saturated rings. The minimum absolute atomic E-state index is 0.0547. The van der Waals surface area contributed by atoms with E-state index in [0.717, 1.165) is 7.11 Å². The van der Waals surface area contributed by atoms with E-state index in [1.807, 2.05) is 0 Å². The molecule has 18 heavy (non-hydrogen) atoms. The number of hydrogen-bond donors (Lipinski definition) is 0. The summed E-state index contributed by atoms with van der Waals surface area (Å²) in [6.45, 7) is -2.93. The molecule has 4 nitrogen and oxygen atoms in total. The van der Waals surface area contributed by atoms with Gasteiger partial charge in [0, 0.05) is 0 Å². The fraction of sp³-hybridized carbons (Fsp3) is 0.167. The van der Waals surface area contributed by atoms with Crippen molar-refractivity contribution in [1.82, 2.24) is 0 Å². The van der Waals surface area contributed by atoms with Gasteiger partial charge in [0.2, 0.25) is 0 Å². The second-order valence-corrected chi connectivity index (χ2v) is 3.11. The smallest absolute Gasteiger partial charge is 0.387 e. The van der Waals surface area contributed by atoms with Gasteiger partial charge in [-0.1, -0.05) is 12.1 Å². The van der Waals surface area contributed by atoms with Gasteiger partial charge in [0.15, 0.2) is 0 Å². The van der Waals surface area contributed by atoms with E-state index in [9.17, 15) is 13.6 Å². The van der Waals surface area contributed by atoms with Crippen LogP contribution in [0.1, 0.15) is 5.56 Å². The van der Waals surface area contributed by atoms with Crippen LogP contribution < -0.4 is 4.74 Å². The van der Waals surface area contributed by atoms with E-state index in [1.54, 1.807) is 12.1 Å². The van der Waals surface area contributed by atoms with Gasteiger partial charge in [0.25, 0.3) is 0 Å². The largest absolute Gasteiger partial charge is 0.465 e. The topological polar surface area (TPSA) is 59.3 Å². The molecular weight excluding hydrogens is 244 g/mol. The number of methoxy groups -OCH3 is 1. The molecule has 0 aliphatic rings. The molecule has 0 N–H and O–H groups in total. The SMILES string of the molecule is COC(=O)/C(C#N)=C/c1cccc(OC(F)F)c1. The molecule has 0 saturated carbocycles. The van der Waals surface area contributed by atoms with Gasteiger partial charge in [-0.05, 0) is 23.8 Å². The molecule has 94 valence electrons. The van der Waals surface area contributed by atoms with Crippen molar-refractivity contribution in [3.8, 4) is 11.8 Å². The van der Waals surface area contributed by atoms with E-state index in [0.29, 0.717) is 5.56 Å². The molecule has 0 unspecified atom stereocenters. The molecule has 1 aromatic carbocycles. The molecule has 0 atom stereocenters. The van der Waals surface area contributed by atoms with Gasteiger partial charge in [-0.2, -0.15) is 14.0 Å². The number of alkyl halides is 2. The van der Waals surface area contributed by atoms with Gasteiger partial charge in [0.05, 0.1) is 7.11 Å². The van der Waals surface area contributed by atoms with Crippen LogP contribution >= 0.6 is 0 Å². The summed E-state index contributed by atoms with van der Waals surface area (Å²) < 4.78 is 32.6. The highest BCUT2D eigenvalue weighted by molar-refractivity contribution is 5.97. The Hall–Kier alpha value is -2.42. The summed E-state index contributed by atoms with van der Waals surface area (Å²) in [5.41, 5.74) is 0.154. The maximum Gasteiger partial charge on any atom is 0.387 e. The van der Waals surface area contributed by atoms with Crippen molar-refractivity contribution in [3.05, 3.63) is 35.4 Å². The summed E-state index contributed by atoms with van der Waals surface area (Å²) in [7, 11) is 1.14. The van der Waals surface area contributed by atoms with Crippen LogP contribution in [0.3, 0.4) is 0 Å². The van der Waals surface area contributed by atoms with E-state index in [4.69, 9.17) is 5.26 Å². The van der Waals surface area contributed by atoms with E-state index < -0.39 is 12.6 Å². The number of hydrogen-bond acceptors (Lipinski definition) is 4. The number of rotatable bonds is 4. The minimum atomic E-state index is -2.93. The predicted octanol–water partition coefficient (Wildman–Crippen LogP) is 2.37. The van der Waals surface area contributed by atoms with Crippen LogP contribution in [0, 0.1) is 11.3 Å². The molecule has 0 heterocycles. The molecule has 0 radical (unpaired) electrons. The summed E-state index contributed by atoms with van der Waals surface area (Å²) >= 11 is 0. The van der Waals surface area contributed by atoms with Crippen molar-refractivity contribution < 1.29 is 23.0 Å². The molecule has 0 spiro atoms. The summed E-state index contributed by atoms with van der Waals surface area (Å²) in [6, 6.07) is 7.29. The van der Waals surface area contributed by atoms with Crippen molar-refractivity contribution in [1.29, 1.82) is 5.26 Å². The third-order valence-corrected chi connectivity index (χ3v) is 1.92. The molecule has 0 aliphatic heterocycles. The van der Waals surface area contributed by atoms with Gasteiger partial charge < -0.3 is 9.47 Å². The second-order valence-electron chi connectivity index (χ2n) is 3.11.